The Hall–Kier alpha value is -2.92. The van der Waals surface area contributed by atoms with E-state index in [0.29, 0.717) is 11.5 Å². The Bertz CT molecular complexity index is 954. The molecular formula is C25H25NO3S. The van der Waals surface area contributed by atoms with Crippen LogP contribution in [-0.2, 0) is 4.79 Å². The van der Waals surface area contributed by atoms with E-state index in [1.54, 1.807) is 26.0 Å². The van der Waals surface area contributed by atoms with Crippen LogP contribution >= 0.6 is 11.8 Å². The number of nitrogens with zero attached hydrogens (tertiary/aromatic N) is 1. The number of methoxy groups -OCH3 is 2. The van der Waals surface area contributed by atoms with E-state index >= 15 is 0 Å². The first-order valence-corrected chi connectivity index (χ1v) is 11.0. The summed E-state index contributed by atoms with van der Waals surface area (Å²) in [4.78, 5) is 15.9. The van der Waals surface area contributed by atoms with Gasteiger partial charge in [0.2, 0.25) is 5.91 Å². The molecule has 30 heavy (non-hydrogen) atoms. The Kier molecular flexibility index (Phi) is 6.29. The molecule has 1 atom stereocenters. The number of rotatable bonds is 6. The monoisotopic (exact) mass is 419 g/mol. The van der Waals surface area contributed by atoms with E-state index in [2.05, 4.69) is 0 Å². The second kappa shape index (κ2) is 9.26. The number of amides is 1. The number of carbonyl (C=O) groups is 1. The van der Waals surface area contributed by atoms with Crippen LogP contribution in [0.5, 0.6) is 11.5 Å². The fraction of sp³-hybridized carbons (Fsp3) is 0.240. The van der Waals surface area contributed by atoms with E-state index in [-0.39, 0.29) is 17.2 Å². The second-order valence-electron chi connectivity index (χ2n) is 7.12. The third-order valence-corrected chi connectivity index (χ3v) is 6.64. The van der Waals surface area contributed by atoms with E-state index < -0.39 is 0 Å². The van der Waals surface area contributed by atoms with Gasteiger partial charge in [0.1, 0.15) is 5.37 Å². The molecular weight excluding hydrogens is 394 g/mol. The third-order valence-electron chi connectivity index (χ3n) is 5.38. The lowest BCUT2D eigenvalue weighted by Gasteiger charge is -2.29. The minimum atomic E-state index is -0.325. The fourth-order valence-electron chi connectivity index (χ4n) is 3.91. The summed E-state index contributed by atoms with van der Waals surface area (Å²) >= 11 is 1.78. The van der Waals surface area contributed by atoms with E-state index in [0.717, 1.165) is 29.0 Å². The van der Waals surface area contributed by atoms with Crippen molar-refractivity contribution in [1.82, 2.24) is 4.90 Å². The van der Waals surface area contributed by atoms with Crippen LogP contribution in [-0.4, -0.2) is 37.3 Å². The third kappa shape index (κ3) is 4.03. The van der Waals surface area contributed by atoms with Crippen LogP contribution in [0, 0.1) is 0 Å². The first-order chi connectivity index (χ1) is 14.7. The summed E-state index contributed by atoms with van der Waals surface area (Å²) in [5.74, 6) is 2.07. The van der Waals surface area contributed by atoms with Crippen LogP contribution in [0.1, 0.15) is 28.0 Å². The number of hydrogen-bond donors (Lipinski definition) is 0. The quantitative estimate of drug-likeness (QED) is 0.557. The zero-order valence-electron chi connectivity index (χ0n) is 17.2. The van der Waals surface area contributed by atoms with Gasteiger partial charge in [-0.2, -0.15) is 0 Å². The van der Waals surface area contributed by atoms with Gasteiger partial charge in [-0.15, -0.1) is 11.8 Å². The van der Waals surface area contributed by atoms with Gasteiger partial charge in [0.15, 0.2) is 11.5 Å². The van der Waals surface area contributed by atoms with Crippen LogP contribution in [0.3, 0.4) is 0 Å². The van der Waals surface area contributed by atoms with Crippen LogP contribution in [0.4, 0.5) is 0 Å². The Morgan fingerprint density at radius 2 is 1.50 bits per heavy atom. The summed E-state index contributed by atoms with van der Waals surface area (Å²) in [6.45, 7) is 0.721. The molecule has 154 valence electrons. The van der Waals surface area contributed by atoms with Crippen LogP contribution in [0.15, 0.2) is 78.9 Å². The van der Waals surface area contributed by atoms with Gasteiger partial charge in [-0.25, -0.2) is 0 Å². The normalized spacial score (nSPS) is 16.0. The smallest absolute Gasteiger partial charge is 0.235 e. The molecule has 0 spiro atoms. The Labute approximate surface area is 181 Å². The molecule has 3 aromatic rings. The number of carbonyl (C=O) groups excluding carboxylic acids is 1. The molecule has 0 aliphatic carbocycles. The highest BCUT2D eigenvalue weighted by atomic mass is 32.2. The molecule has 1 aliphatic heterocycles. The van der Waals surface area contributed by atoms with Crippen LogP contribution in [0.2, 0.25) is 0 Å². The van der Waals surface area contributed by atoms with Crippen molar-refractivity contribution >= 4 is 17.7 Å². The average molecular weight is 420 g/mol. The molecule has 1 aliphatic rings. The first kappa shape index (κ1) is 20.4. The number of hydrogen-bond acceptors (Lipinski definition) is 4. The van der Waals surface area contributed by atoms with Crippen LogP contribution < -0.4 is 9.47 Å². The predicted molar refractivity (Wildman–Crippen MR) is 121 cm³/mol. The summed E-state index contributed by atoms with van der Waals surface area (Å²) in [6.07, 6.45) is 0. The summed E-state index contributed by atoms with van der Waals surface area (Å²) in [6, 6.07) is 25.9. The molecule has 4 nitrogen and oxygen atoms in total. The predicted octanol–water partition coefficient (Wildman–Crippen LogP) is 5.11. The Morgan fingerprint density at radius 1 is 0.900 bits per heavy atom. The second-order valence-corrected chi connectivity index (χ2v) is 8.31. The molecule has 1 fully saturated rings. The Morgan fingerprint density at radius 3 is 2.07 bits per heavy atom. The molecule has 1 heterocycles. The number of thioether (sulfide) groups is 1. The minimum absolute atomic E-state index is 0.0489. The van der Waals surface area contributed by atoms with E-state index in [4.69, 9.17) is 9.47 Å². The zero-order valence-corrected chi connectivity index (χ0v) is 18.0. The molecule has 1 saturated heterocycles. The van der Waals surface area contributed by atoms with Crippen molar-refractivity contribution in [3.05, 3.63) is 95.6 Å². The van der Waals surface area contributed by atoms with Crippen molar-refractivity contribution in [2.24, 2.45) is 0 Å². The van der Waals surface area contributed by atoms with Gasteiger partial charge in [0.05, 0.1) is 20.1 Å². The average Bonchev–Trinajstić information content (AvgIpc) is 3.30. The van der Waals surface area contributed by atoms with E-state index in [1.165, 1.54) is 0 Å². The first-order valence-electron chi connectivity index (χ1n) is 9.97. The highest BCUT2D eigenvalue weighted by Crippen LogP contribution is 2.43. The molecule has 0 bridgehead atoms. The van der Waals surface area contributed by atoms with Crippen molar-refractivity contribution in [2.45, 2.75) is 11.3 Å². The van der Waals surface area contributed by atoms with E-state index in [9.17, 15) is 4.79 Å². The molecule has 0 aromatic heterocycles. The van der Waals surface area contributed by atoms with Crippen molar-refractivity contribution in [3.63, 3.8) is 0 Å². The lowest BCUT2D eigenvalue weighted by Crippen LogP contribution is -2.35. The molecule has 0 radical (unpaired) electrons. The summed E-state index contributed by atoms with van der Waals surface area (Å²) in [7, 11) is 3.26. The van der Waals surface area contributed by atoms with Crippen LogP contribution in [0.25, 0.3) is 0 Å². The molecule has 1 amide bonds. The van der Waals surface area contributed by atoms with Gasteiger partial charge >= 0.3 is 0 Å². The van der Waals surface area contributed by atoms with Gasteiger partial charge in [0.25, 0.3) is 0 Å². The zero-order chi connectivity index (χ0) is 20.9. The molecule has 1 unspecified atom stereocenters. The lowest BCUT2D eigenvalue weighted by atomic mass is 9.90. The highest BCUT2D eigenvalue weighted by molar-refractivity contribution is 7.99. The number of benzene rings is 3. The Balaban J connectivity index is 1.69. The van der Waals surface area contributed by atoms with Crippen molar-refractivity contribution < 1.29 is 14.3 Å². The summed E-state index contributed by atoms with van der Waals surface area (Å²) < 4.78 is 10.9. The van der Waals surface area contributed by atoms with Crippen molar-refractivity contribution in [2.75, 3.05) is 26.5 Å². The van der Waals surface area contributed by atoms with Crippen molar-refractivity contribution in [1.29, 1.82) is 0 Å². The van der Waals surface area contributed by atoms with Gasteiger partial charge < -0.3 is 14.4 Å². The minimum Gasteiger partial charge on any atom is -0.493 e. The standard InChI is InChI=1S/C25H25NO3S/c1-28-21-14-13-20(17-22(21)29-2)25-26(15-16-30-25)24(27)23(18-9-5-3-6-10-18)19-11-7-4-8-12-19/h3-14,17,23,25H,15-16H2,1-2H3. The lowest BCUT2D eigenvalue weighted by molar-refractivity contribution is -0.132. The maximum Gasteiger partial charge on any atom is 0.235 e. The summed E-state index contributed by atoms with van der Waals surface area (Å²) in [5.41, 5.74) is 3.07. The fourth-order valence-corrected chi connectivity index (χ4v) is 5.17. The molecule has 3 aromatic carbocycles. The van der Waals surface area contributed by atoms with E-state index in [1.807, 2.05) is 83.8 Å². The topological polar surface area (TPSA) is 38.8 Å². The van der Waals surface area contributed by atoms with Gasteiger partial charge in [-0.1, -0.05) is 66.7 Å². The summed E-state index contributed by atoms with van der Waals surface area (Å²) in [5, 5.41) is -0.0489. The van der Waals surface area contributed by atoms with Gasteiger partial charge in [-0.05, 0) is 28.8 Å². The largest absolute Gasteiger partial charge is 0.493 e. The molecule has 0 N–H and O–H groups in total. The molecule has 5 heteroatoms. The number of ether oxygens (including phenoxy) is 2. The molecule has 4 rings (SSSR count). The van der Waals surface area contributed by atoms with Gasteiger partial charge in [-0.3, -0.25) is 4.79 Å². The maximum atomic E-state index is 13.9. The highest BCUT2D eigenvalue weighted by Gasteiger charge is 2.36. The SMILES string of the molecule is COc1ccc(C2SCCN2C(=O)C(c2ccccc2)c2ccccc2)cc1OC. The molecule has 0 saturated carbocycles. The van der Waals surface area contributed by atoms with Gasteiger partial charge in [0, 0.05) is 12.3 Å². The van der Waals surface area contributed by atoms with Crippen molar-refractivity contribution in [3.8, 4) is 11.5 Å². The maximum absolute atomic E-state index is 13.9.